The Morgan fingerprint density at radius 2 is 2.14 bits per heavy atom. The van der Waals surface area contributed by atoms with E-state index in [4.69, 9.17) is 37.6 Å². The number of ether oxygens (including phenoxy) is 2. The Bertz CT molecular complexity index is 789. The van der Waals surface area contributed by atoms with Crippen molar-refractivity contribution in [3.63, 3.8) is 0 Å². The van der Waals surface area contributed by atoms with Crippen molar-refractivity contribution in [2.45, 2.75) is 18.6 Å². The molecule has 6 N–H and O–H groups in total. The van der Waals surface area contributed by atoms with Crippen LogP contribution in [0.25, 0.3) is 0 Å². The lowest BCUT2D eigenvalue weighted by molar-refractivity contribution is 0.0536. The fraction of sp³-hybridized carbons (Fsp3) is 0.444. The monoisotopic (exact) mass is 409 g/mol. The lowest BCUT2D eigenvalue weighted by atomic mass is 10.1. The Morgan fingerprint density at radius 1 is 1.32 bits per heavy atom. The molecule has 1 aromatic carbocycles. The van der Waals surface area contributed by atoms with Crippen LogP contribution in [-0.4, -0.2) is 59.3 Å². The smallest absolute Gasteiger partial charge is 0.223 e. The third kappa shape index (κ3) is 4.93. The Balaban J connectivity index is 1.87. The van der Waals surface area contributed by atoms with Crippen molar-refractivity contribution >= 4 is 29.2 Å². The highest BCUT2D eigenvalue weighted by Gasteiger charge is 2.27. The summed E-state index contributed by atoms with van der Waals surface area (Å²) < 4.78 is 11.2. The molecule has 2 atom stereocenters. The molecule has 1 saturated heterocycles. The summed E-state index contributed by atoms with van der Waals surface area (Å²) in [7, 11) is 0. The molecule has 1 aromatic heterocycles. The van der Waals surface area contributed by atoms with Gasteiger partial charge in [0.2, 0.25) is 5.95 Å². The molecule has 1 aliphatic heterocycles. The summed E-state index contributed by atoms with van der Waals surface area (Å²) in [5, 5.41) is 18.8. The molecule has 0 amide bonds. The van der Waals surface area contributed by atoms with E-state index < -0.39 is 6.10 Å². The summed E-state index contributed by atoms with van der Waals surface area (Å²) in [6, 6.07) is 6.77. The number of hydrogen-bond donors (Lipinski definition) is 4. The van der Waals surface area contributed by atoms with Crippen LogP contribution in [0.5, 0.6) is 5.75 Å². The summed E-state index contributed by atoms with van der Waals surface area (Å²) in [6.07, 6.45) is -0.129. The minimum atomic E-state index is -0.946. The van der Waals surface area contributed by atoms with Gasteiger partial charge >= 0.3 is 0 Å². The molecule has 0 saturated carbocycles. The third-order valence-electron chi connectivity index (χ3n) is 4.37. The van der Waals surface area contributed by atoms with E-state index in [9.17, 15) is 5.11 Å². The maximum Gasteiger partial charge on any atom is 0.223 e. The first-order valence-electron chi connectivity index (χ1n) is 8.93. The van der Waals surface area contributed by atoms with E-state index >= 15 is 0 Å². The van der Waals surface area contributed by atoms with Crippen LogP contribution in [0.15, 0.2) is 24.3 Å². The molecule has 28 heavy (non-hydrogen) atoms. The molecule has 1 fully saturated rings. The second-order valence-corrected chi connectivity index (χ2v) is 6.88. The van der Waals surface area contributed by atoms with Crippen molar-refractivity contribution in [2.24, 2.45) is 0 Å². The van der Waals surface area contributed by atoms with Gasteiger partial charge < -0.3 is 36.1 Å². The number of nitrogens with zero attached hydrogens (tertiary/aromatic N) is 3. The summed E-state index contributed by atoms with van der Waals surface area (Å²) in [6.45, 7) is 1.35. The van der Waals surface area contributed by atoms with E-state index in [2.05, 4.69) is 14.9 Å². The summed E-state index contributed by atoms with van der Waals surface area (Å²) >= 11 is 6.52. The zero-order valence-corrected chi connectivity index (χ0v) is 16.0. The van der Waals surface area contributed by atoms with Crippen molar-refractivity contribution in [1.29, 1.82) is 0 Å². The number of aromatic nitrogens is 2. The standard InChI is InChI=1S/C18H24ClN5O4/c19-14-6-12(28-9-11(26)8-25)2-3-13(14)15-10-27-5-1-4-24(15)17-7-16(20)22-18(21)23-17/h2-3,6-7,11,15,25-26H,1,4-5,8-10H2,(H4,20,21,22,23)/t11-,15?/m1/s1. The van der Waals surface area contributed by atoms with Gasteiger partial charge in [-0.3, -0.25) is 0 Å². The number of halogens is 1. The molecule has 1 unspecified atom stereocenters. The number of anilines is 3. The van der Waals surface area contributed by atoms with Gasteiger partial charge in [-0.15, -0.1) is 0 Å². The number of aliphatic hydroxyl groups excluding tert-OH is 2. The predicted molar refractivity (Wildman–Crippen MR) is 106 cm³/mol. The summed E-state index contributed by atoms with van der Waals surface area (Å²) in [4.78, 5) is 10.3. The first kappa shape index (κ1) is 20.4. The molecule has 0 spiro atoms. The van der Waals surface area contributed by atoms with Gasteiger partial charge in [0.1, 0.15) is 30.1 Å². The van der Waals surface area contributed by atoms with Gasteiger partial charge in [-0.25, -0.2) is 0 Å². The van der Waals surface area contributed by atoms with Crippen LogP contribution in [0.1, 0.15) is 18.0 Å². The van der Waals surface area contributed by atoms with Gasteiger partial charge in [-0.05, 0) is 24.1 Å². The largest absolute Gasteiger partial charge is 0.491 e. The van der Waals surface area contributed by atoms with E-state index in [1.54, 1.807) is 18.2 Å². The Morgan fingerprint density at radius 3 is 2.86 bits per heavy atom. The fourth-order valence-corrected chi connectivity index (χ4v) is 3.34. The molecule has 3 rings (SSSR count). The molecule has 1 aliphatic rings. The highest BCUT2D eigenvalue weighted by Crippen LogP contribution is 2.35. The maximum atomic E-state index is 9.42. The zero-order chi connectivity index (χ0) is 20.1. The first-order valence-corrected chi connectivity index (χ1v) is 9.31. The number of nitrogen functional groups attached to an aromatic ring is 2. The van der Waals surface area contributed by atoms with Crippen LogP contribution in [0, 0.1) is 0 Å². The molecule has 152 valence electrons. The molecule has 0 radical (unpaired) electrons. The molecule has 10 heteroatoms. The second-order valence-electron chi connectivity index (χ2n) is 6.48. The average Bonchev–Trinajstić information content (AvgIpc) is 2.91. The average molecular weight is 410 g/mol. The van der Waals surface area contributed by atoms with Gasteiger partial charge in [0, 0.05) is 24.2 Å². The van der Waals surface area contributed by atoms with E-state index in [1.165, 1.54) is 0 Å². The van der Waals surface area contributed by atoms with Crippen molar-refractivity contribution in [2.75, 3.05) is 49.3 Å². The van der Waals surface area contributed by atoms with E-state index in [0.717, 1.165) is 12.0 Å². The quantitative estimate of drug-likeness (QED) is 0.549. The summed E-state index contributed by atoms with van der Waals surface area (Å²) in [5.41, 5.74) is 12.4. The first-order chi connectivity index (χ1) is 13.5. The number of rotatable bonds is 6. The summed E-state index contributed by atoms with van der Waals surface area (Å²) in [5.74, 6) is 1.51. The Hall–Kier alpha value is -2.33. The van der Waals surface area contributed by atoms with E-state index in [-0.39, 0.29) is 25.2 Å². The van der Waals surface area contributed by atoms with Gasteiger partial charge in [0.15, 0.2) is 0 Å². The van der Waals surface area contributed by atoms with E-state index in [0.29, 0.717) is 42.2 Å². The maximum absolute atomic E-state index is 9.42. The Labute approximate surface area is 167 Å². The lowest BCUT2D eigenvalue weighted by Crippen LogP contribution is -2.32. The van der Waals surface area contributed by atoms with Crippen LogP contribution in [0.4, 0.5) is 17.6 Å². The fourth-order valence-electron chi connectivity index (χ4n) is 3.04. The van der Waals surface area contributed by atoms with Crippen LogP contribution < -0.4 is 21.1 Å². The van der Waals surface area contributed by atoms with Gasteiger partial charge in [-0.2, -0.15) is 9.97 Å². The molecule has 9 nitrogen and oxygen atoms in total. The molecular formula is C18H24ClN5O4. The normalized spacial score (nSPS) is 18.5. The van der Waals surface area contributed by atoms with Gasteiger partial charge in [0.25, 0.3) is 0 Å². The number of aliphatic hydroxyl groups is 2. The topological polar surface area (TPSA) is 140 Å². The SMILES string of the molecule is Nc1cc(N2CCCOCC2c2ccc(OC[C@H](O)CO)cc2Cl)nc(N)n1. The Kier molecular flexibility index (Phi) is 6.74. The minimum Gasteiger partial charge on any atom is -0.491 e. The van der Waals surface area contributed by atoms with Crippen LogP contribution in [0.3, 0.4) is 0 Å². The number of nitrogens with two attached hydrogens (primary N) is 2. The molecule has 2 aromatic rings. The zero-order valence-electron chi connectivity index (χ0n) is 15.3. The molecule has 0 aliphatic carbocycles. The molecule has 0 bridgehead atoms. The minimum absolute atomic E-state index is 0.0235. The van der Waals surface area contributed by atoms with Crippen molar-refractivity contribution in [3.05, 3.63) is 34.9 Å². The highest BCUT2D eigenvalue weighted by atomic mass is 35.5. The van der Waals surface area contributed by atoms with Crippen molar-refractivity contribution in [1.82, 2.24) is 9.97 Å². The lowest BCUT2D eigenvalue weighted by Gasteiger charge is -2.31. The number of benzene rings is 1. The number of hydrogen-bond acceptors (Lipinski definition) is 9. The van der Waals surface area contributed by atoms with E-state index in [1.807, 2.05) is 6.07 Å². The van der Waals surface area contributed by atoms with Crippen molar-refractivity contribution in [3.8, 4) is 5.75 Å². The van der Waals surface area contributed by atoms with Gasteiger partial charge in [-0.1, -0.05) is 17.7 Å². The van der Waals surface area contributed by atoms with Crippen LogP contribution in [0.2, 0.25) is 5.02 Å². The van der Waals surface area contributed by atoms with Gasteiger partial charge in [0.05, 0.1) is 19.3 Å². The highest BCUT2D eigenvalue weighted by molar-refractivity contribution is 6.31. The predicted octanol–water partition coefficient (Wildman–Crippen LogP) is 0.994. The third-order valence-corrected chi connectivity index (χ3v) is 4.70. The molecular weight excluding hydrogens is 386 g/mol. The molecule has 2 heterocycles. The van der Waals surface area contributed by atoms with Crippen LogP contribution >= 0.6 is 11.6 Å². The van der Waals surface area contributed by atoms with Crippen molar-refractivity contribution < 1.29 is 19.7 Å². The van der Waals surface area contributed by atoms with Crippen LogP contribution in [-0.2, 0) is 4.74 Å². The second kappa shape index (κ2) is 9.24.